The van der Waals surface area contributed by atoms with Gasteiger partial charge in [-0.2, -0.15) is 0 Å². The average Bonchev–Trinajstić information content (AvgIpc) is 3.09. The number of ether oxygens (including phenoxy) is 1. The van der Waals surface area contributed by atoms with E-state index in [1.165, 1.54) is 51.4 Å². The molecule has 0 heterocycles. The summed E-state index contributed by atoms with van der Waals surface area (Å²) in [7, 11) is 0. The number of carbonyl (C=O) groups excluding carboxylic acids is 2. The van der Waals surface area contributed by atoms with Gasteiger partial charge in [0, 0.05) is 29.9 Å². The fourth-order valence-corrected chi connectivity index (χ4v) is 6.10. The summed E-state index contributed by atoms with van der Waals surface area (Å²) in [6.07, 6.45) is 14.1. The molecule has 3 aromatic rings. The second kappa shape index (κ2) is 18.9. The number of anilines is 2. The van der Waals surface area contributed by atoms with Crippen molar-refractivity contribution in [3.63, 3.8) is 0 Å². The molecule has 0 spiro atoms. The molecular weight excluding hydrogens is 598 g/mol. The zero-order valence-corrected chi connectivity index (χ0v) is 29.3. The van der Waals surface area contributed by atoms with Gasteiger partial charge < -0.3 is 20.1 Å². The first kappa shape index (κ1) is 36.6. The number of carbonyl (C=O) groups is 2. The lowest BCUT2D eigenvalue weighted by molar-refractivity contribution is -0.112. The number of hydrogen-bond acceptors (Lipinski definition) is 6. The Morgan fingerprint density at radius 2 is 1.54 bits per heavy atom. The highest BCUT2D eigenvalue weighted by Crippen LogP contribution is 2.31. The molecule has 48 heavy (non-hydrogen) atoms. The van der Waals surface area contributed by atoms with Crippen LogP contribution in [0.25, 0.3) is 0 Å². The Labute approximate surface area is 287 Å². The standard InChI is InChI=1S/C41H53N3O4/c1-5-7-8-9-10-11-12-13-14-17-26-48-39-23-20-30(3)27-38(39)43-41(47)35-29-37(33-18-15-16-19-34(33)40(35)46)42-36-22-21-32(28-31(36)4)44(6-2)24-25-45/h15-16,18-23,27-29,45H,5-14,17,24-26H2,1-4H3,(H,43,47)/b42-37+. The van der Waals surface area contributed by atoms with Crippen LogP contribution in [0.1, 0.15) is 105 Å². The number of aliphatic imine (C=N–C) groups is 1. The number of benzene rings is 3. The predicted molar refractivity (Wildman–Crippen MR) is 198 cm³/mol. The Morgan fingerprint density at radius 3 is 2.21 bits per heavy atom. The molecule has 0 bridgehead atoms. The zero-order valence-electron chi connectivity index (χ0n) is 29.3. The zero-order chi connectivity index (χ0) is 34.3. The van der Waals surface area contributed by atoms with E-state index in [0.29, 0.717) is 41.4 Å². The highest BCUT2D eigenvalue weighted by Gasteiger charge is 2.29. The Balaban J connectivity index is 1.46. The van der Waals surface area contributed by atoms with Gasteiger partial charge in [-0.1, -0.05) is 95.0 Å². The van der Waals surface area contributed by atoms with Gasteiger partial charge in [-0.15, -0.1) is 0 Å². The maximum atomic E-state index is 13.8. The SMILES string of the molecule is CCCCCCCCCCCCOc1ccc(C)cc1NC(=O)C1=C/C(=N\c2ccc(N(CC)CCO)cc2C)c2ccccc2C1=O. The van der Waals surface area contributed by atoms with Gasteiger partial charge in [0.1, 0.15) is 5.75 Å². The topological polar surface area (TPSA) is 91.2 Å². The number of Topliss-reactive ketones (excluding diaryl/α,β-unsaturated/α-hetero) is 1. The minimum atomic E-state index is -0.494. The number of aliphatic hydroxyl groups is 1. The van der Waals surface area contributed by atoms with Crippen LogP contribution in [-0.4, -0.2) is 48.8 Å². The van der Waals surface area contributed by atoms with Crippen molar-refractivity contribution in [3.05, 3.63) is 94.6 Å². The number of aryl methyl sites for hydroxylation is 2. The van der Waals surface area contributed by atoms with Gasteiger partial charge in [0.25, 0.3) is 5.91 Å². The summed E-state index contributed by atoms with van der Waals surface area (Å²) in [5.41, 5.74) is 5.95. The van der Waals surface area contributed by atoms with Crippen molar-refractivity contribution >= 4 is 34.5 Å². The van der Waals surface area contributed by atoms with Crippen molar-refractivity contribution in [1.82, 2.24) is 0 Å². The molecule has 3 aromatic carbocycles. The third-order valence-corrected chi connectivity index (χ3v) is 8.89. The summed E-state index contributed by atoms with van der Waals surface area (Å²) in [6.45, 7) is 10.2. The monoisotopic (exact) mass is 651 g/mol. The van der Waals surface area contributed by atoms with Gasteiger partial charge in [0.15, 0.2) is 5.78 Å². The number of rotatable bonds is 19. The molecule has 0 atom stereocenters. The van der Waals surface area contributed by atoms with E-state index >= 15 is 0 Å². The molecule has 0 saturated heterocycles. The van der Waals surface area contributed by atoms with Gasteiger partial charge >= 0.3 is 0 Å². The number of nitrogens with one attached hydrogen (secondary N) is 1. The molecule has 1 aliphatic carbocycles. The minimum Gasteiger partial charge on any atom is -0.491 e. The van der Waals surface area contributed by atoms with E-state index in [4.69, 9.17) is 9.73 Å². The van der Waals surface area contributed by atoms with Crippen molar-refractivity contribution in [2.45, 2.75) is 91.9 Å². The first-order valence-electron chi connectivity index (χ1n) is 17.8. The van der Waals surface area contributed by atoms with E-state index in [2.05, 4.69) is 24.1 Å². The largest absolute Gasteiger partial charge is 0.491 e. The molecule has 256 valence electrons. The van der Waals surface area contributed by atoms with Gasteiger partial charge in [0.2, 0.25) is 0 Å². The molecule has 0 unspecified atom stereocenters. The van der Waals surface area contributed by atoms with Crippen LogP contribution in [0, 0.1) is 13.8 Å². The Hall–Kier alpha value is -4.23. The van der Waals surface area contributed by atoms with Crippen LogP contribution in [0.5, 0.6) is 5.75 Å². The fraction of sp³-hybridized carbons (Fsp3) is 0.439. The van der Waals surface area contributed by atoms with E-state index in [1.807, 2.05) is 62.4 Å². The Bertz CT molecular complexity index is 1590. The number of ketones is 1. The van der Waals surface area contributed by atoms with Crippen molar-refractivity contribution < 1.29 is 19.4 Å². The van der Waals surface area contributed by atoms with Crippen LogP contribution in [0.4, 0.5) is 17.1 Å². The van der Waals surface area contributed by atoms with E-state index in [-0.39, 0.29) is 18.0 Å². The molecule has 2 N–H and O–H groups in total. The molecule has 0 saturated carbocycles. The van der Waals surface area contributed by atoms with E-state index in [9.17, 15) is 14.7 Å². The maximum Gasteiger partial charge on any atom is 0.259 e. The van der Waals surface area contributed by atoms with Crippen LogP contribution in [0.3, 0.4) is 0 Å². The molecule has 4 rings (SSSR count). The van der Waals surface area contributed by atoms with Gasteiger partial charge in [-0.05, 0) is 74.7 Å². The number of nitrogens with zero attached hydrogens (tertiary/aromatic N) is 2. The van der Waals surface area contributed by atoms with Crippen LogP contribution in [-0.2, 0) is 4.79 Å². The number of aliphatic hydroxyl groups excluding tert-OH is 1. The quantitative estimate of drug-likeness (QED) is 0.0996. The second-order valence-corrected chi connectivity index (χ2v) is 12.7. The first-order valence-corrected chi connectivity index (χ1v) is 17.8. The smallest absolute Gasteiger partial charge is 0.259 e. The van der Waals surface area contributed by atoms with Gasteiger partial charge in [-0.25, -0.2) is 4.99 Å². The molecular formula is C41H53N3O4. The molecule has 0 radical (unpaired) electrons. The summed E-state index contributed by atoms with van der Waals surface area (Å²) in [5, 5.41) is 12.4. The number of allylic oxidation sites excluding steroid dienone is 1. The molecule has 0 aromatic heterocycles. The van der Waals surface area contributed by atoms with Gasteiger partial charge in [-0.3, -0.25) is 9.59 Å². The number of likely N-dealkylation sites (N-methyl/N-ethyl adjacent to an activating group) is 1. The lowest BCUT2D eigenvalue weighted by atomic mass is 9.88. The number of amides is 1. The van der Waals surface area contributed by atoms with E-state index in [0.717, 1.165) is 41.9 Å². The number of fused-ring (bicyclic) bond motifs is 1. The fourth-order valence-electron chi connectivity index (χ4n) is 6.10. The van der Waals surface area contributed by atoms with E-state index < -0.39 is 5.91 Å². The van der Waals surface area contributed by atoms with Crippen molar-refractivity contribution in [3.8, 4) is 5.75 Å². The highest BCUT2D eigenvalue weighted by atomic mass is 16.5. The molecule has 7 heteroatoms. The molecule has 0 aliphatic heterocycles. The number of hydrogen-bond donors (Lipinski definition) is 2. The Kier molecular flexibility index (Phi) is 14.4. The summed E-state index contributed by atoms with van der Waals surface area (Å²) >= 11 is 0. The first-order chi connectivity index (χ1) is 23.4. The summed E-state index contributed by atoms with van der Waals surface area (Å²) < 4.78 is 6.14. The summed E-state index contributed by atoms with van der Waals surface area (Å²) in [5.74, 6) is -0.232. The van der Waals surface area contributed by atoms with Crippen LogP contribution < -0.4 is 15.0 Å². The molecule has 7 nitrogen and oxygen atoms in total. The third-order valence-electron chi connectivity index (χ3n) is 8.89. The van der Waals surface area contributed by atoms with Crippen molar-refractivity contribution in [2.75, 3.05) is 36.5 Å². The van der Waals surface area contributed by atoms with Crippen LogP contribution in [0.2, 0.25) is 0 Å². The Morgan fingerprint density at radius 1 is 0.854 bits per heavy atom. The summed E-state index contributed by atoms with van der Waals surface area (Å²) in [4.78, 5) is 34.4. The summed E-state index contributed by atoms with van der Waals surface area (Å²) in [6, 6.07) is 19.0. The van der Waals surface area contributed by atoms with Crippen LogP contribution >= 0.6 is 0 Å². The lowest BCUT2D eigenvalue weighted by Gasteiger charge is -2.23. The maximum absolute atomic E-state index is 13.8. The number of unbranched alkanes of at least 4 members (excludes halogenated alkanes) is 9. The second-order valence-electron chi connectivity index (χ2n) is 12.7. The predicted octanol–water partition coefficient (Wildman–Crippen LogP) is 9.30. The normalized spacial score (nSPS) is 13.3. The third kappa shape index (κ3) is 10.1. The van der Waals surface area contributed by atoms with Crippen molar-refractivity contribution in [1.29, 1.82) is 0 Å². The van der Waals surface area contributed by atoms with Crippen LogP contribution in [0.15, 0.2) is 77.3 Å². The van der Waals surface area contributed by atoms with Crippen molar-refractivity contribution in [2.24, 2.45) is 4.99 Å². The lowest BCUT2D eigenvalue weighted by Crippen LogP contribution is -2.27. The average molecular weight is 652 g/mol. The van der Waals surface area contributed by atoms with Gasteiger partial charge in [0.05, 0.1) is 35.9 Å². The van der Waals surface area contributed by atoms with E-state index in [1.54, 1.807) is 18.2 Å². The highest BCUT2D eigenvalue weighted by molar-refractivity contribution is 6.37. The molecule has 1 amide bonds. The minimum absolute atomic E-state index is 0.0315. The molecule has 1 aliphatic rings. The molecule has 0 fully saturated rings.